The molecule has 3 rings (SSSR count). The van der Waals surface area contributed by atoms with Crippen LogP contribution in [0.3, 0.4) is 0 Å². The predicted molar refractivity (Wildman–Crippen MR) is 149 cm³/mol. The largest absolute Gasteiger partial charge is 0.357 e. The van der Waals surface area contributed by atoms with E-state index in [0.717, 1.165) is 28.3 Å². The predicted octanol–water partition coefficient (Wildman–Crippen LogP) is 4.94. The molecule has 12 heteroatoms. The molecule has 0 fully saturated rings. The number of anilines is 1. The highest BCUT2D eigenvalue weighted by molar-refractivity contribution is 7.92. The Labute approximate surface area is 236 Å². The van der Waals surface area contributed by atoms with E-state index in [1.165, 1.54) is 18.0 Å². The standard InChI is InChI=1S/C26H25Cl3FN3O4S/c1-31-26(35)24(13-17-6-4-3-5-7-17)32(15-18-8-10-20(27)21(28)12-18)25(34)16-33(38(2,36)37)19-9-11-23(30)22(29)14-19/h3-12,14,24H,13,15-16H2,1-2H3,(H,31,35)/t24-/m0/s1. The van der Waals surface area contributed by atoms with Gasteiger partial charge >= 0.3 is 0 Å². The van der Waals surface area contributed by atoms with Crippen LogP contribution in [-0.2, 0) is 32.6 Å². The number of halogens is 4. The Kier molecular flexibility index (Phi) is 10.0. The second-order valence-electron chi connectivity index (χ2n) is 8.46. The van der Waals surface area contributed by atoms with E-state index in [1.807, 2.05) is 30.3 Å². The lowest BCUT2D eigenvalue weighted by molar-refractivity contribution is -0.139. The molecule has 0 saturated carbocycles. The van der Waals surface area contributed by atoms with Gasteiger partial charge in [-0.3, -0.25) is 13.9 Å². The summed E-state index contributed by atoms with van der Waals surface area (Å²) in [7, 11) is -2.56. The van der Waals surface area contributed by atoms with Crippen LogP contribution in [0.15, 0.2) is 66.7 Å². The smallest absolute Gasteiger partial charge is 0.244 e. The Hall–Kier alpha value is -2.85. The van der Waals surface area contributed by atoms with Gasteiger partial charge < -0.3 is 10.2 Å². The van der Waals surface area contributed by atoms with Crippen molar-refractivity contribution in [2.24, 2.45) is 0 Å². The number of nitrogens with zero attached hydrogens (tertiary/aromatic N) is 2. The minimum Gasteiger partial charge on any atom is -0.357 e. The Morgan fingerprint density at radius 3 is 2.18 bits per heavy atom. The molecule has 0 aliphatic heterocycles. The number of nitrogens with one attached hydrogen (secondary N) is 1. The fourth-order valence-electron chi connectivity index (χ4n) is 3.81. The van der Waals surface area contributed by atoms with Crippen molar-refractivity contribution in [2.75, 3.05) is 24.2 Å². The zero-order valence-electron chi connectivity index (χ0n) is 20.5. The quantitative estimate of drug-likeness (QED) is 0.357. The monoisotopic (exact) mass is 599 g/mol. The van der Waals surface area contributed by atoms with Crippen molar-refractivity contribution in [3.8, 4) is 0 Å². The van der Waals surface area contributed by atoms with Crippen LogP contribution < -0.4 is 9.62 Å². The molecule has 0 radical (unpaired) electrons. The molecule has 0 bridgehead atoms. The average Bonchev–Trinajstić information content (AvgIpc) is 2.87. The molecule has 1 atom stereocenters. The molecule has 3 aromatic carbocycles. The number of hydrogen-bond acceptors (Lipinski definition) is 4. The fourth-order valence-corrected chi connectivity index (χ4v) is 5.15. The highest BCUT2D eigenvalue weighted by Gasteiger charge is 2.32. The molecular weight excluding hydrogens is 576 g/mol. The van der Waals surface area contributed by atoms with Crippen molar-refractivity contribution < 1.29 is 22.4 Å². The van der Waals surface area contributed by atoms with Crippen LogP contribution in [0.2, 0.25) is 15.1 Å². The van der Waals surface area contributed by atoms with Crippen LogP contribution in [0.25, 0.3) is 0 Å². The summed E-state index contributed by atoms with van der Waals surface area (Å²) < 4.78 is 39.9. The molecule has 38 heavy (non-hydrogen) atoms. The van der Waals surface area contributed by atoms with Gasteiger partial charge in [0.05, 0.1) is 27.0 Å². The first-order chi connectivity index (χ1) is 17.9. The number of rotatable bonds is 10. The second kappa shape index (κ2) is 12.8. The van der Waals surface area contributed by atoms with Gasteiger partial charge in [0.1, 0.15) is 18.4 Å². The summed E-state index contributed by atoms with van der Waals surface area (Å²) >= 11 is 18.1. The van der Waals surface area contributed by atoms with Gasteiger partial charge in [-0.05, 0) is 41.5 Å². The van der Waals surface area contributed by atoms with Crippen LogP contribution >= 0.6 is 34.8 Å². The summed E-state index contributed by atoms with van der Waals surface area (Å²) in [6, 6.07) is 16.2. The summed E-state index contributed by atoms with van der Waals surface area (Å²) in [5, 5.41) is 2.86. The number of hydrogen-bond donors (Lipinski definition) is 1. The molecule has 0 heterocycles. The number of carbonyl (C=O) groups excluding carboxylic acids is 2. The first-order valence-electron chi connectivity index (χ1n) is 11.3. The van der Waals surface area contributed by atoms with Crippen LogP contribution in [0.4, 0.5) is 10.1 Å². The minimum atomic E-state index is -4.01. The molecule has 2 amide bonds. The van der Waals surface area contributed by atoms with Gasteiger partial charge in [0.2, 0.25) is 21.8 Å². The zero-order chi connectivity index (χ0) is 28.0. The Morgan fingerprint density at radius 1 is 0.921 bits per heavy atom. The summed E-state index contributed by atoms with van der Waals surface area (Å²) in [4.78, 5) is 28.2. The molecule has 0 spiro atoms. The third-order valence-corrected chi connectivity index (χ3v) is 7.89. The van der Waals surface area contributed by atoms with Crippen LogP contribution in [0.5, 0.6) is 0 Å². The average molecular weight is 601 g/mol. The van der Waals surface area contributed by atoms with E-state index in [2.05, 4.69) is 5.32 Å². The summed E-state index contributed by atoms with van der Waals surface area (Å²) in [5.41, 5.74) is 1.37. The SMILES string of the molecule is CNC(=O)[C@H](Cc1ccccc1)N(Cc1ccc(Cl)c(Cl)c1)C(=O)CN(c1ccc(F)c(Cl)c1)S(C)(=O)=O. The van der Waals surface area contributed by atoms with Crippen LogP contribution in [0.1, 0.15) is 11.1 Å². The summed E-state index contributed by atoms with van der Waals surface area (Å²) in [6.45, 7) is -0.729. The second-order valence-corrected chi connectivity index (χ2v) is 11.6. The van der Waals surface area contributed by atoms with Crippen LogP contribution in [-0.4, -0.2) is 51.0 Å². The van der Waals surface area contributed by atoms with Gasteiger partial charge in [-0.1, -0.05) is 71.2 Å². The molecule has 202 valence electrons. The number of amides is 2. The minimum absolute atomic E-state index is 0.00119. The van der Waals surface area contributed by atoms with Gasteiger partial charge in [0, 0.05) is 20.0 Å². The van der Waals surface area contributed by atoms with E-state index in [1.54, 1.807) is 18.2 Å². The number of sulfonamides is 1. The number of likely N-dealkylation sites (N-methyl/N-ethyl adjacent to an activating group) is 1. The van der Waals surface area contributed by atoms with Crippen molar-refractivity contribution in [1.82, 2.24) is 10.2 Å². The molecule has 0 aliphatic rings. The number of carbonyl (C=O) groups is 2. The van der Waals surface area contributed by atoms with Gasteiger partial charge in [-0.2, -0.15) is 0 Å². The highest BCUT2D eigenvalue weighted by Crippen LogP contribution is 2.27. The molecule has 0 aromatic heterocycles. The molecule has 3 aromatic rings. The van der Waals surface area contributed by atoms with Crippen molar-refractivity contribution >= 4 is 62.3 Å². The summed E-state index contributed by atoms with van der Waals surface area (Å²) in [6.07, 6.45) is 1.08. The molecule has 0 saturated heterocycles. The van der Waals surface area contributed by atoms with E-state index in [9.17, 15) is 22.4 Å². The van der Waals surface area contributed by atoms with E-state index in [4.69, 9.17) is 34.8 Å². The maximum Gasteiger partial charge on any atom is 0.244 e. The molecular formula is C26H25Cl3FN3O4S. The van der Waals surface area contributed by atoms with Crippen molar-refractivity contribution in [3.63, 3.8) is 0 Å². The van der Waals surface area contributed by atoms with E-state index < -0.39 is 40.2 Å². The van der Waals surface area contributed by atoms with E-state index in [-0.39, 0.29) is 28.7 Å². The first-order valence-corrected chi connectivity index (χ1v) is 14.3. The van der Waals surface area contributed by atoms with Crippen molar-refractivity contribution in [3.05, 3.63) is 98.7 Å². The normalized spacial score (nSPS) is 12.1. The Balaban J connectivity index is 2.05. The van der Waals surface area contributed by atoms with E-state index >= 15 is 0 Å². The lowest BCUT2D eigenvalue weighted by Crippen LogP contribution is -2.52. The third kappa shape index (κ3) is 7.60. The zero-order valence-corrected chi connectivity index (χ0v) is 23.6. The van der Waals surface area contributed by atoms with Gasteiger partial charge in [-0.25, -0.2) is 12.8 Å². The van der Waals surface area contributed by atoms with Gasteiger partial charge in [-0.15, -0.1) is 0 Å². The van der Waals surface area contributed by atoms with Crippen LogP contribution in [0, 0.1) is 5.82 Å². The van der Waals surface area contributed by atoms with E-state index in [0.29, 0.717) is 10.6 Å². The van der Waals surface area contributed by atoms with Gasteiger partial charge in [0.25, 0.3) is 0 Å². The Bertz CT molecular complexity index is 1420. The molecule has 0 aliphatic carbocycles. The fraction of sp³-hybridized carbons (Fsp3) is 0.231. The lowest BCUT2D eigenvalue weighted by atomic mass is 10.0. The molecule has 7 nitrogen and oxygen atoms in total. The van der Waals surface area contributed by atoms with Gasteiger partial charge in [0.15, 0.2) is 0 Å². The Morgan fingerprint density at radius 2 is 1.61 bits per heavy atom. The van der Waals surface area contributed by atoms with Crippen molar-refractivity contribution in [2.45, 2.75) is 19.0 Å². The number of benzene rings is 3. The highest BCUT2D eigenvalue weighted by atomic mass is 35.5. The first kappa shape index (κ1) is 29.7. The summed E-state index contributed by atoms with van der Waals surface area (Å²) in [5.74, 6) is -1.86. The maximum atomic E-state index is 13.8. The topological polar surface area (TPSA) is 86.8 Å². The van der Waals surface area contributed by atoms with Crippen molar-refractivity contribution in [1.29, 1.82) is 0 Å². The molecule has 0 unspecified atom stereocenters. The lowest BCUT2D eigenvalue weighted by Gasteiger charge is -2.33. The molecule has 1 N–H and O–H groups in total. The maximum absolute atomic E-state index is 13.8. The third-order valence-electron chi connectivity index (χ3n) is 5.72.